The quantitative estimate of drug-likeness (QED) is 0.138. The van der Waals surface area contributed by atoms with Crippen LogP contribution in [0.4, 0.5) is 0 Å². The van der Waals surface area contributed by atoms with Crippen molar-refractivity contribution in [2.24, 2.45) is 0 Å². The normalized spacial score (nSPS) is 14.8. The third-order valence-corrected chi connectivity index (χ3v) is 10.9. The minimum atomic E-state index is -0.717. The molecule has 2 aromatic heterocycles. The first-order valence-corrected chi connectivity index (χ1v) is 17.9. The number of hydrogen-bond donors (Lipinski definition) is 1. The van der Waals surface area contributed by atoms with E-state index in [4.69, 9.17) is 9.47 Å². The van der Waals surface area contributed by atoms with Gasteiger partial charge in [-0.05, 0) is 71.6 Å². The van der Waals surface area contributed by atoms with Gasteiger partial charge in [-0.2, -0.15) is 0 Å². The number of nitrogens with zero attached hydrogens (tertiary/aromatic N) is 1. The molecule has 6 aromatic rings. The predicted molar refractivity (Wildman–Crippen MR) is 201 cm³/mol. The van der Waals surface area contributed by atoms with Crippen LogP contribution in [0, 0.1) is 0 Å². The lowest BCUT2D eigenvalue weighted by atomic mass is 10.0. The van der Waals surface area contributed by atoms with Gasteiger partial charge in [0.25, 0.3) is 0 Å². The monoisotopic (exact) mass is 695 g/mol. The van der Waals surface area contributed by atoms with Gasteiger partial charge in [0, 0.05) is 43.8 Å². The van der Waals surface area contributed by atoms with E-state index in [1.807, 2.05) is 48.5 Å². The maximum atomic E-state index is 12.0. The first-order chi connectivity index (χ1) is 23.2. The van der Waals surface area contributed by atoms with Gasteiger partial charge in [0.05, 0.1) is 0 Å². The number of fused-ring (bicyclic) bond motifs is 2. The first-order valence-electron chi connectivity index (χ1n) is 16.2. The van der Waals surface area contributed by atoms with E-state index in [-0.39, 0.29) is 12.4 Å². The molecule has 1 fully saturated rings. The predicted octanol–water partition coefficient (Wildman–Crippen LogP) is 10.5. The smallest absolute Gasteiger partial charge is 0.320 e. The van der Waals surface area contributed by atoms with Crippen LogP contribution in [0.15, 0.2) is 114 Å². The van der Waals surface area contributed by atoms with Crippen molar-refractivity contribution in [2.75, 3.05) is 13.1 Å². The Morgan fingerprint density at radius 1 is 0.750 bits per heavy atom. The Hall–Kier alpha value is -4.14. The Kier molecular flexibility index (Phi) is 11.1. The molecule has 1 aliphatic rings. The van der Waals surface area contributed by atoms with Crippen LogP contribution in [0.1, 0.15) is 46.6 Å². The maximum Gasteiger partial charge on any atom is 0.320 e. The molecular weight excluding hydrogens is 658 g/mol. The van der Waals surface area contributed by atoms with Gasteiger partial charge in [-0.15, -0.1) is 35.1 Å². The Bertz CT molecular complexity index is 1900. The molecule has 1 atom stereocenters. The summed E-state index contributed by atoms with van der Waals surface area (Å²) in [5.41, 5.74) is 3.42. The van der Waals surface area contributed by atoms with Crippen LogP contribution >= 0.6 is 35.1 Å². The molecular formula is C40H38ClNO4S2. The number of thiophene rings is 2. The molecule has 5 nitrogen and oxygen atoms in total. The van der Waals surface area contributed by atoms with E-state index in [1.54, 1.807) is 22.7 Å². The van der Waals surface area contributed by atoms with Gasteiger partial charge in [-0.1, -0.05) is 85.3 Å². The highest BCUT2D eigenvalue weighted by molar-refractivity contribution is 7.14. The summed E-state index contributed by atoms with van der Waals surface area (Å²) in [5, 5.41) is 18.6. The second-order valence-corrected chi connectivity index (χ2v) is 13.7. The molecule has 48 heavy (non-hydrogen) atoms. The number of halogens is 1. The molecule has 246 valence electrons. The fourth-order valence-corrected chi connectivity index (χ4v) is 8.51. The lowest BCUT2D eigenvalue weighted by Gasteiger charge is -2.32. The molecule has 8 heteroatoms. The third kappa shape index (κ3) is 7.45. The Balaban J connectivity index is 0.00000401. The number of carboxylic acids is 1. The SMILES string of the molecule is Cl.O=C(O)C1CCCCN1CCC=C(c1sccc1COc1cccc2ccccc12)c1sccc1COc1cccc2ccccc12. The van der Waals surface area contributed by atoms with Crippen LogP contribution in [-0.2, 0) is 18.0 Å². The van der Waals surface area contributed by atoms with E-state index >= 15 is 0 Å². The number of carboxylic acid groups (broad SMARTS) is 1. The highest BCUT2D eigenvalue weighted by Gasteiger charge is 2.28. The highest BCUT2D eigenvalue weighted by Crippen LogP contribution is 2.38. The fourth-order valence-electron chi connectivity index (χ4n) is 6.53. The fraction of sp³-hybridized carbons (Fsp3) is 0.225. The first kappa shape index (κ1) is 33.7. The van der Waals surface area contributed by atoms with Crippen molar-refractivity contribution in [3.05, 3.63) is 135 Å². The number of likely N-dealkylation sites (tertiary alicyclic amines) is 1. The Morgan fingerprint density at radius 3 is 1.85 bits per heavy atom. The van der Waals surface area contributed by atoms with Crippen LogP contribution in [0.5, 0.6) is 11.5 Å². The number of ether oxygens (including phenoxy) is 2. The van der Waals surface area contributed by atoms with Crippen molar-refractivity contribution in [2.45, 2.75) is 44.9 Å². The van der Waals surface area contributed by atoms with Crippen LogP contribution in [0.2, 0.25) is 0 Å². The summed E-state index contributed by atoms with van der Waals surface area (Å²) in [7, 11) is 0. The Morgan fingerprint density at radius 2 is 1.29 bits per heavy atom. The summed E-state index contributed by atoms with van der Waals surface area (Å²) < 4.78 is 12.9. The second kappa shape index (κ2) is 15.8. The van der Waals surface area contributed by atoms with Gasteiger partial charge in [0.15, 0.2) is 0 Å². The molecule has 1 saturated heterocycles. The number of piperidine rings is 1. The van der Waals surface area contributed by atoms with E-state index < -0.39 is 12.0 Å². The van der Waals surface area contributed by atoms with Gasteiger partial charge < -0.3 is 14.6 Å². The zero-order valence-corrected chi connectivity index (χ0v) is 29.0. The summed E-state index contributed by atoms with van der Waals surface area (Å²) in [6.07, 6.45) is 5.78. The van der Waals surface area contributed by atoms with E-state index in [1.165, 1.54) is 9.75 Å². The third-order valence-electron chi connectivity index (χ3n) is 8.91. The minimum absolute atomic E-state index is 0. The highest BCUT2D eigenvalue weighted by atomic mass is 35.5. The van der Waals surface area contributed by atoms with E-state index in [0.29, 0.717) is 26.2 Å². The van der Waals surface area contributed by atoms with Gasteiger partial charge in [-0.25, -0.2) is 0 Å². The molecule has 0 radical (unpaired) electrons. The number of rotatable bonds is 12. The van der Waals surface area contributed by atoms with Gasteiger partial charge >= 0.3 is 5.97 Å². The summed E-state index contributed by atoms with van der Waals surface area (Å²) in [6.45, 7) is 2.43. The minimum Gasteiger partial charge on any atom is -0.488 e. The summed E-state index contributed by atoms with van der Waals surface area (Å²) in [6, 6.07) is 32.9. The second-order valence-electron chi connectivity index (χ2n) is 11.9. The largest absolute Gasteiger partial charge is 0.488 e. The number of carbonyl (C=O) groups is 1. The van der Waals surface area contributed by atoms with Crippen molar-refractivity contribution in [3.63, 3.8) is 0 Å². The zero-order chi connectivity index (χ0) is 32.0. The van der Waals surface area contributed by atoms with Gasteiger partial charge in [0.1, 0.15) is 30.8 Å². The zero-order valence-electron chi connectivity index (χ0n) is 26.5. The molecule has 4 aromatic carbocycles. The lowest BCUT2D eigenvalue weighted by Crippen LogP contribution is -2.44. The molecule has 1 N–H and O–H groups in total. The summed E-state index contributed by atoms with van der Waals surface area (Å²) in [4.78, 5) is 16.5. The summed E-state index contributed by atoms with van der Waals surface area (Å²) >= 11 is 3.44. The molecule has 0 bridgehead atoms. The standard InChI is InChI=1S/C40H37NO4S2.ClH/c42-40(43)35-17-5-6-22-41(35)23-9-16-34(38-30(20-24-46-38)26-44-36-18-7-12-28-10-1-3-14-32(28)36)39-31(21-25-47-39)27-45-37-19-8-13-29-11-2-4-15-33(29)37;/h1-4,7-8,10-16,18-21,24-25,35H,5-6,9,17,22-23,26-27H2,(H,42,43);1H. The van der Waals surface area contributed by atoms with Crippen molar-refractivity contribution < 1.29 is 19.4 Å². The molecule has 3 heterocycles. The number of hydrogen-bond acceptors (Lipinski definition) is 6. The van der Waals surface area contributed by atoms with Crippen molar-refractivity contribution in [3.8, 4) is 11.5 Å². The molecule has 0 aliphatic carbocycles. The van der Waals surface area contributed by atoms with Crippen LogP contribution in [0.25, 0.3) is 27.1 Å². The summed E-state index contributed by atoms with van der Waals surface area (Å²) in [5.74, 6) is 1.03. The topological polar surface area (TPSA) is 59.0 Å². The van der Waals surface area contributed by atoms with Crippen LogP contribution < -0.4 is 9.47 Å². The molecule has 1 unspecified atom stereocenters. The van der Waals surface area contributed by atoms with Crippen molar-refractivity contribution >= 4 is 68.2 Å². The molecule has 1 aliphatic heterocycles. The van der Waals surface area contributed by atoms with Crippen molar-refractivity contribution in [1.29, 1.82) is 0 Å². The van der Waals surface area contributed by atoms with Gasteiger partial charge in [-0.3, -0.25) is 9.69 Å². The average Bonchev–Trinajstić information content (AvgIpc) is 3.78. The maximum absolute atomic E-state index is 12.0. The molecule has 7 rings (SSSR count). The van der Waals surface area contributed by atoms with Crippen LogP contribution in [-0.4, -0.2) is 35.1 Å². The van der Waals surface area contributed by atoms with E-state index in [2.05, 4.69) is 70.3 Å². The molecule has 0 saturated carbocycles. The number of aliphatic carboxylic acids is 1. The molecule has 0 spiro atoms. The van der Waals surface area contributed by atoms with E-state index in [0.717, 1.165) is 75.6 Å². The Labute approximate surface area is 295 Å². The number of benzene rings is 4. The lowest BCUT2D eigenvalue weighted by molar-refractivity contribution is -0.144. The van der Waals surface area contributed by atoms with Gasteiger partial charge in [0.2, 0.25) is 0 Å². The van der Waals surface area contributed by atoms with Crippen LogP contribution in [0.3, 0.4) is 0 Å². The van der Waals surface area contributed by atoms with E-state index in [9.17, 15) is 9.90 Å². The molecule has 0 amide bonds. The van der Waals surface area contributed by atoms with Crippen molar-refractivity contribution in [1.82, 2.24) is 4.90 Å². The average molecular weight is 696 g/mol.